The highest BCUT2D eigenvalue weighted by Gasteiger charge is 2.22. The largest absolute Gasteiger partial charge is 0.506 e. The van der Waals surface area contributed by atoms with Gasteiger partial charge in [0.1, 0.15) is 11.8 Å². The Labute approximate surface area is 84.9 Å². The van der Waals surface area contributed by atoms with Gasteiger partial charge < -0.3 is 15.5 Å². The second-order valence-corrected chi connectivity index (χ2v) is 3.02. The molecule has 6 nitrogen and oxygen atoms in total. The molecule has 0 aromatic heterocycles. The fraction of sp³-hybridized carbons (Fsp3) is 0.222. The summed E-state index contributed by atoms with van der Waals surface area (Å²) in [7, 11) is 0. The van der Waals surface area contributed by atoms with Crippen LogP contribution >= 0.6 is 0 Å². The topological polar surface area (TPSA) is 104 Å². The van der Waals surface area contributed by atoms with E-state index in [1.807, 2.05) is 0 Å². The molecule has 0 aromatic rings. The van der Waals surface area contributed by atoms with Crippen molar-refractivity contribution in [2.45, 2.75) is 13.0 Å². The van der Waals surface area contributed by atoms with Crippen LogP contribution in [0.3, 0.4) is 0 Å². The maximum Gasteiger partial charge on any atom is 0.325 e. The average Bonchev–Trinajstić information content (AvgIpc) is 2.13. The van der Waals surface area contributed by atoms with E-state index in [0.717, 1.165) is 12.2 Å². The van der Waals surface area contributed by atoms with Crippen molar-refractivity contribution in [1.29, 1.82) is 0 Å². The van der Waals surface area contributed by atoms with Crippen LogP contribution in [0.15, 0.2) is 23.6 Å². The first-order valence-corrected chi connectivity index (χ1v) is 4.12. The fourth-order valence-electron chi connectivity index (χ4n) is 0.960. The number of aliphatic carboxylic acids is 1. The first kappa shape index (κ1) is 11.0. The van der Waals surface area contributed by atoms with E-state index in [1.165, 1.54) is 6.92 Å². The van der Waals surface area contributed by atoms with Crippen molar-refractivity contribution in [2.24, 2.45) is 0 Å². The number of nitrogens with one attached hydrogen (secondary N) is 1. The SMILES string of the molecule is C[C@H](NC1=CC(=O)C(=O)C=C1O)C(=O)O. The van der Waals surface area contributed by atoms with Crippen LogP contribution in [0.5, 0.6) is 0 Å². The molecular formula is C9H9NO5. The minimum absolute atomic E-state index is 0.0606. The Morgan fingerprint density at radius 2 is 1.87 bits per heavy atom. The molecule has 1 aliphatic carbocycles. The standard InChI is InChI=1S/C9H9NO5/c1-4(9(14)15)10-5-2-7(12)8(13)3-6(5)11/h2-4,10-11H,1H3,(H,14,15)/t4-/m0/s1. The number of carboxylic acid groups (broad SMARTS) is 1. The Morgan fingerprint density at radius 1 is 1.33 bits per heavy atom. The number of ketones is 2. The summed E-state index contributed by atoms with van der Waals surface area (Å²) < 4.78 is 0. The van der Waals surface area contributed by atoms with Crippen molar-refractivity contribution in [3.8, 4) is 0 Å². The summed E-state index contributed by atoms with van der Waals surface area (Å²) in [6, 6.07) is -0.965. The number of rotatable bonds is 3. The zero-order chi connectivity index (χ0) is 11.6. The molecule has 3 N–H and O–H groups in total. The van der Waals surface area contributed by atoms with Crippen molar-refractivity contribution >= 4 is 17.5 Å². The molecule has 0 aliphatic heterocycles. The minimum Gasteiger partial charge on any atom is -0.506 e. The monoisotopic (exact) mass is 211 g/mol. The molecule has 0 aromatic carbocycles. The van der Waals surface area contributed by atoms with Crippen LogP contribution in [0, 0.1) is 0 Å². The van der Waals surface area contributed by atoms with Gasteiger partial charge in [-0.1, -0.05) is 0 Å². The Kier molecular flexibility index (Phi) is 2.89. The van der Waals surface area contributed by atoms with Gasteiger partial charge in [-0.25, -0.2) is 0 Å². The van der Waals surface area contributed by atoms with Crippen molar-refractivity contribution < 1.29 is 24.6 Å². The van der Waals surface area contributed by atoms with Gasteiger partial charge in [-0.3, -0.25) is 14.4 Å². The molecule has 0 amide bonds. The lowest BCUT2D eigenvalue weighted by atomic mass is 10.1. The van der Waals surface area contributed by atoms with E-state index in [9.17, 15) is 19.5 Å². The quantitative estimate of drug-likeness (QED) is 0.430. The van der Waals surface area contributed by atoms with Gasteiger partial charge in [0.2, 0.25) is 11.6 Å². The second-order valence-electron chi connectivity index (χ2n) is 3.02. The lowest BCUT2D eigenvalue weighted by Crippen LogP contribution is -2.35. The number of carbonyl (C=O) groups excluding carboxylic acids is 2. The molecule has 1 atom stereocenters. The van der Waals surface area contributed by atoms with Gasteiger partial charge in [0.05, 0.1) is 5.70 Å². The van der Waals surface area contributed by atoms with Crippen molar-refractivity contribution in [3.05, 3.63) is 23.6 Å². The van der Waals surface area contributed by atoms with E-state index in [1.54, 1.807) is 0 Å². The molecule has 1 rings (SSSR count). The van der Waals surface area contributed by atoms with E-state index < -0.39 is 29.3 Å². The van der Waals surface area contributed by atoms with Gasteiger partial charge in [-0.2, -0.15) is 0 Å². The van der Waals surface area contributed by atoms with E-state index in [-0.39, 0.29) is 5.70 Å². The van der Waals surface area contributed by atoms with Gasteiger partial charge in [0.15, 0.2) is 0 Å². The predicted octanol–water partition coefficient (Wildman–Crippen LogP) is -0.473. The number of carboxylic acids is 1. The summed E-state index contributed by atoms with van der Waals surface area (Å²) >= 11 is 0. The van der Waals surface area contributed by atoms with Crippen LogP contribution in [-0.4, -0.2) is 33.8 Å². The lowest BCUT2D eigenvalue weighted by Gasteiger charge is -2.15. The maximum absolute atomic E-state index is 10.9. The van der Waals surface area contributed by atoms with E-state index >= 15 is 0 Å². The van der Waals surface area contributed by atoms with Crippen LogP contribution in [-0.2, 0) is 14.4 Å². The molecule has 0 fully saturated rings. The van der Waals surface area contributed by atoms with Crippen molar-refractivity contribution in [3.63, 3.8) is 0 Å². The number of allylic oxidation sites excluding steroid dienone is 2. The average molecular weight is 211 g/mol. The van der Waals surface area contributed by atoms with Crippen LogP contribution in [0.1, 0.15) is 6.92 Å². The van der Waals surface area contributed by atoms with Crippen molar-refractivity contribution in [2.75, 3.05) is 0 Å². The molecule has 6 heteroatoms. The van der Waals surface area contributed by atoms with Crippen LogP contribution in [0.2, 0.25) is 0 Å². The Balaban J connectivity index is 2.84. The van der Waals surface area contributed by atoms with E-state index in [4.69, 9.17) is 5.11 Å². The number of hydrogen-bond acceptors (Lipinski definition) is 5. The molecule has 0 unspecified atom stereocenters. The molecule has 0 bridgehead atoms. The molecule has 0 radical (unpaired) electrons. The van der Waals surface area contributed by atoms with Crippen LogP contribution in [0.4, 0.5) is 0 Å². The molecule has 0 spiro atoms. The maximum atomic E-state index is 10.9. The molecular weight excluding hydrogens is 202 g/mol. The number of aliphatic hydroxyl groups is 1. The van der Waals surface area contributed by atoms with Gasteiger partial charge in [0.25, 0.3) is 0 Å². The second kappa shape index (κ2) is 3.95. The highest BCUT2D eigenvalue weighted by molar-refractivity contribution is 6.46. The third-order valence-corrected chi connectivity index (χ3v) is 1.80. The van der Waals surface area contributed by atoms with Gasteiger partial charge in [-0.05, 0) is 6.92 Å². The molecule has 1 aliphatic rings. The number of aliphatic hydroxyl groups excluding tert-OH is 1. The first-order chi connectivity index (χ1) is 6.91. The summed E-state index contributed by atoms with van der Waals surface area (Å²) in [5.41, 5.74) is -0.0606. The molecule has 15 heavy (non-hydrogen) atoms. The lowest BCUT2D eigenvalue weighted by molar-refractivity contribution is -0.138. The third-order valence-electron chi connectivity index (χ3n) is 1.80. The van der Waals surface area contributed by atoms with Crippen molar-refractivity contribution in [1.82, 2.24) is 5.32 Å². The van der Waals surface area contributed by atoms with Gasteiger partial charge in [-0.15, -0.1) is 0 Å². The Hall–Kier alpha value is -2.11. The highest BCUT2D eigenvalue weighted by atomic mass is 16.4. The minimum atomic E-state index is -1.13. The summed E-state index contributed by atoms with van der Waals surface area (Å²) in [4.78, 5) is 32.2. The summed E-state index contributed by atoms with van der Waals surface area (Å²) in [6.45, 7) is 1.34. The normalized spacial score (nSPS) is 17.9. The molecule has 0 saturated heterocycles. The fourth-order valence-corrected chi connectivity index (χ4v) is 0.960. The number of carbonyl (C=O) groups is 3. The zero-order valence-electron chi connectivity index (χ0n) is 7.85. The van der Waals surface area contributed by atoms with Crippen LogP contribution in [0.25, 0.3) is 0 Å². The Bertz CT molecular complexity index is 393. The molecule has 80 valence electrons. The Morgan fingerprint density at radius 3 is 2.40 bits per heavy atom. The van der Waals surface area contributed by atoms with Gasteiger partial charge in [0, 0.05) is 12.2 Å². The van der Waals surface area contributed by atoms with Gasteiger partial charge >= 0.3 is 5.97 Å². The van der Waals surface area contributed by atoms with E-state index in [2.05, 4.69) is 5.32 Å². The van der Waals surface area contributed by atoms with Crippen LogP contribution < -0.4 is 5.32 Å². The predicted molar refractivity (Wildman–Crippen MR) is 49.0 cm³/mol. The first-order valence-electron chi connectivity index (χ1n) is 4.12. The molecule has 0 saturated carbocycles. The highest BCUT2D eigenvalue weighted by Crippen LogP contribution is 2.10. The summed E-state index contributed by atoms with van der Waals surface area (Å²) in [5, 5.41) is 20.2. The van der Waals surface area contributed by atoms with E-state index in [0.29, 0.717) is 0 Å². The summed E-state index contributed by atoms with van der Waals surface area (Å²) in [5.74, 6) is -3.20. The number of hydrogen-bond donors (Lipinski definition) is 3. The smallest absolute Gasteiger partial charge is 0.325 e. The molecule has 0 heterocycles. The zero-order valence-corrected chi connectivity index (χ0v) is 7.85. The summed E-state index contributed by atoms with van der Waals surface area (Å²) in [6.07, 6.45) is 1.62. The third kappa shape index (κ3) is 2.43.